The van der Waals surface area contributed by atoms with E-state index in [-0.39, 0.29) is 23.3 Å². The summed E-state index contributed by atoms with van der Waals surface area (Å²) in [6.07, 6.45) is 12.3. The summed E-state index contributed by atoms with van der Waals surface area (Å²) < 4.78 is 18.4. The lowest BCUT2D eigenvalue weighted by Gasteiger charge is -2.60. The molecule has 0 amide bonds. The van der Waals surface area contributed by atoms with Crippen molar-refractivity contribution in [2.75, 3.05) is 6.61 Å². The topological polar surface area (TPSA) is 48.1 Å². The highest BCUT2D eigenvalue weighted by atomic mass is 28.4. The summed E-state index contributed by atoms with van der Waals surface area (Å²) in [5, 5.41) is 0. The SMILES string of the molecule is CC(=O)O[C@H]1CC[C@@]2(C)[C@@H](CC[C@H]3C4=CCC(C5(O[Si](C)(C)C)CO5)[C@@]4(C)CC[C@@H]32)C1. The number of rotatable bonds is 4. The van der Waals surface area contributed by atoms with E-state index in [2.05, 4.69) is 39.6 Å². The predicted octanol–water partition coefficient (Wildman–Crippen LogP) is 6.08. The molecular weight excluding hydrogens is 404 g/mol. The molecule has 1 heterocycles. The summed E-state index contributed by atoms with van der Waals surface area (Å²) in [6.45, 7) is 14.3. The minimum absolute atomic E-state index is 0.116. The van der Waals surface area contributed by atoms with Gasteiger partial charge in [0.15, 0.2) is 14.1 Å². The minimum Gasteiger partial charge on any atom is -0.463 e. The molecule has 0 spiro atoms. The summed E-state index contributed by atoms with van der Waals surface area (Å²) in [7, 11) is -1.66. The maximum atomic E-state index is 11.5. The minimum atomic E-state index is -1.66. The summed E-state index contributed by atoms with van der Waals surface area (Å²) in [5.74, 6) is 2.24. The summed E-state index contributed by atoms with van der Waals surface area (Å²) in [6, 6.07) is 0. The molecule has 0 aromatic rings. The molecule has 4 nitrogen and oxygen atoms in total. The van der Waals surface area contributed by atoms with Crippen molar-refractivity contribution < 1.29 is 18.7 Å². The van der Waals surface area contributed by atoms with Crippen molar-refractivity contribution >= 4 is 14.3 Å². The van der Waals surface area contributed by atoms with Gasteiger partial charge >= 0.3 is 5.97 Å². The van der Waals surface area contributed by atoms with Crippen LogP contribution in [0.15, 0.2) is 11.6 Å². The lowest BCUT2D eigenvalue weighted by atomic mass is 9.45. The van der Waals surface area contributed by atoms with Crippen LogP contribution in [0.25, 0.3) is 0 Å². The number of carbonyl (C=O) groups is 1. The van der Waals surface area contributed by atoms with Crippen molar-refractivity contribution in [2.45, 2.75) is 104 Å². The van der Waals surface area contributed by atoms with Gasteiger partial charge in [-0.05, 0) is 99.6 Å². The van der Waals surface area contributed by atoms with Gasteiger partial charge in [-0.3, -0.25) is 4.79 Å². The van der Waals surface area contributed by atoms with E-state index in [0.717, 1.165) is 37.7 Å². The molecule has 5 rings (SSSR count). The third kappa shape index (κ3) is 3.58. The number of carbonyl (C=O) groups excluding carboxylic acids is 1. The third-order valence-corrected chi connectivity index (χ3v) is 10.7. The average molecular weight is 447 g/mol. The first-order chi connectivity index (χ1) is 14.5. The molecule has 0 bridgehead atoms. The number of ether oxygens (including phenoxy) is 2. The second-order valence-corrected chi connectivity index (χ2v) is 17.1. The zero-order chi connectivity index (χ0) is 22.2. The Bertz CT molecular complexity index is 781. The highest BCUT2D eigenvalue weighted by Gasteiger charge is 2.65. The van der Waals surface area contributed by atoms with Crippen LogP contribution >= 0.6 is 0 Å². The van der Waals surface area contributed by atoms with Crippen LogP contribution in [0.4, 0.5) is 0 Å². The lowest BCUT2D eigenvalue weighted by molar-refractivity contribution is -0.155. The number of epoxide rings is 1. The Morgan fingerprint density at radius 3 is 2.52 bits per heavy atom. The Hall–Kier alpha value is -0.653. The fourth-order valence-corrected chi connectivity index (χ4v) is 9.77. The van der Waals surface area contributed by atoms with Gasteiger partial charge in [0.2, 0.25) is 0 Å². The lowest BCUT2D eigenvalue weighted by Crippen LogP contribution is -2.53. The zero-order valence-electron chi connectivity index (χ0n) is 20.5. The molecule has 1 saturated heterocycles. The monoisotopic (exact) mass is 446 g/mol. The van der Waals surface area contributed by atoms with E-state index in [0.29, 0.717) is 17.3 Å². The Morgan fingerprint density at radius 2 is 1.87 bits per heavy atom. The average Bonchev–Trinajstić information content (AvgIpc) is 3.31. The maximum absolute atomic E-state index is 11.5. The largest absolute Gasteiger partial charge is 0.463 e. The van der Waals surface area contributed by atoms with Crippen molar-refractivity contribution in [3.05, 3.63) is 11.6 Å². The number of hydrogen-bond acceptors (Lipinski definition) is 4. The Morgan fingerprint density at radius 1 is 1.13 bits per heavy atom. The summed E-state index contributed by atoms with van der Waals surface area (Å²) in [5.41, 5.74) is 2.36. The fraction of sp³-hybridized carbons (Fsp3) is 0.885. The molecule has 5 heteroatoms. The van der Waals surface area contributed by atoms with Gasteiger partial charge in [-0.15, -0.1) is 0 Å². The molecular formula is C26H42O4Si. The van der Waals surface area contributed by atoms with Gasteiger partial charge in [0.05, 0.1) is 0 Å². The van der Waals surface area contributed by atoms with E-state index in [1.54, 1.807) is 12.5 Å². The number of esters is 1. The van der Waals surface area contributed by atoms with Crippen LogP contribution in [0.2, 0.25) is 19.6 Å². The Labute approximate surface area is 189 Å². The van der Waals surface area contributed by atoms with Crippen LogP contribution in [0, 0.1) is 34.5 Å². The van der Waals surface area contributed by atoms with Crippen molar-refractivity contribution in [3.63, 3.8) is 0 Å². The van der Waals surface area contributed by atoms with Crippen molar-refractivity contribution in [3.8, 4) is 0 Å². The Balaban J connectivity index is 1.35. The standard InChI is InChI=1S/C26H42O4Si/c1-17(27)29-19-11-13-24(2)18(15-19)7-8-20-21-9-10-23(25(21,3)14-12-22(20)24)26(16-28-26)30-31(4,5)6/h9,18-20,22-23H,7-8,10-16H2,1-6H3/t18-,19-,20-,22-,23?,24-,25-,26?/m0/s1. The van der Waals surface area contributed by atoms with E-state index in [1.807, 2.05) is 0 Å². The van der Waals surface area contributed by atoms with Gasteiger partial charge in [-0.2, -0.15) is 0 Å². The molecule has 2 unspecified atom stereocenters. The van der Waals surface area contributed by atoms with E-state index >= 15 is 0 Å². The molecule has 1 aliphatic heterocycles. The first-order valence-electron chi connectivity index (χ1n) is 12.7. The number of allylic oxidation sites excluding steroid dienone is 2. The van der Waals surface area contributed by atoms with E-state index in [1.165, 1.54) is 32.1 Å². The molecule has 4 fully saturated rings. The highest BCUT2D eigenvalue weighted by molar-refractivity contribution is 6.69. The fourth-order valence-electron chi connectivity index (χ4n) is 8.48. The van der Waals surface area contributed by atoms with Crippen LogP contribution in [0.5, 0.6) is 0 Å². The molecule has 5 aliphatic rings. The van der Waals surface area contributed by atoms with E-state index < -0.39 is 8.32 Å². The normalized spacial score (nSPS) is 48.8. The van der Waals surface area contributed by atoms with Gasteiger partial charge in [-0.1, -0.05) is 25.5 Å². The van der Waals surface area contributed by atoms with Crippen LogP contribution in [0.1, 0.15) is 72.1 Å². The molecule has 8 atom stereocenters. The molecule has 31 heavy (non-hydrogen) atoms. The first-order valence-corrected chi connectivity index (χ1v) is 16.1. The molecule has 4 aliphatic carbocycles. The number of hydrogen-bond donors (Lipinski definition) is 0. The van der Waals surface area contributed by atoms with E-state index in [4.69, 9.17) is 13.9 Å². The van der Waals surface area contributed by atoms with Crippen molar-refractivity contribution in [2.24, 2.45) is 34.5 Å². The van der Waals surface area contributed by atoms with Gasteiger partial charge in [0.1, 0.15) is 12.7 Å². The summed E-state index contributed by atoms with van der Waals surface area (Å²) in [4.78, 5) is 11.5. The van der Waals surface area contributed by atoms with Gasteiger partial charge in [-0.25, -0.2) is 0 Å². The second-order valence-electron chi connectivity index (χ2n) is 12.7. The first kappa shape index (κ1) is 22.2. The number of fused-ring (bicyclic) bond motifs is 5. The van der Waals surface area contributed by atoms with Gasteiger partial charge < -0.3 is 13.9 Å². The molecule has 0 aromatic carbocycles. The van der Waals surface area contributed by atoms with Crippen LogP contribution in [-0.4, -0.2) is 32.8 Å². The predicted molar refractivity (Wildman–Crippen MR) is 124 cm³/mol. The third-order valence-electron chi connectivity index (χ3n) is 9.79. The molecule has 3 saturated carbocycles. The highest BCUT2D eigenvalue weighted by Crippen LogP contribution is 2.68. The summed E-state index contributed by atoms with van der Waals surface area (Å²) >= 11 is 0. The molecule has 174 valence electrons. The molecule has 0 radical (unpaired) electrons. The van der Waals surface area contributed by atoms with Crippen LogP contribution in [0.3, 0.4) is 0 Å². The second kappa shape index (κ2) is 7.17. The zero-order valence-corrected chi connectivity index (χ0v) is 21.5. The quantitative estimate of drug-likeness (QED) is 0.227. The van der Waals surface area contributed by atoms with Gasteiger partial charge in [0, 0.05) is 12.8 Å². The Kier molecular flexibility index (Phi) is 5.12. The molecule has 0 N–H and O–H groups in total. The molecule has 0 aromatic heterocycles. The van der Waals surface area contributed by atoms with Crippen LogP contribution < -0.4 is 0 Å². The van der Waals surface area contributed by atoms with Crippen molar-refractivity contribution in [1.29, 1.82) is 0 Å². The van der Waals surface area contributed by atoms with Gasteiger partial charge in [0.25, 0.3) is 0 Å². The van der Waals surface area contributed by atoms with Crippen molar-refractivity contribution in [1.82, 2.24) is 0 Å². The van der Waals surface area contributed by atoms with Crippen LogP contribution in [-0.2, 0) is 18.7 Å². The van der Waals surface area contributed by atoms with E-state index in [9.17, 15) is 4.79 Å². The maximum Gasteiger partial charge on any atom is 0.302 e. The smallest absolute Gasteiger partial charge is 0.302 e.